The van der Waals surface area contributed by atoms with E-state index in [1.165, 1.54) is 5.56 Å². The Hall–Kier alpha value is -2.08. The lowest BCUT2D eigenvalue weighted by Gasteiger charge is -2.22. The van der Waals surface area contributed by atoms with Gasteiger partial charge in [0.2, 0.25) is 0 Å². The number of nitrogens with one attached hydrogen (secondary N) is 2. The molecule has 1 fully saturated rings. The van der Waals surface area contributed by atoms with Crippen LogP contribution in [0.3, 0.4) is 0 Å². The molecular weight excluding hydrogens is 340 g/mol. The Bertz CT molecular complexity index is 718. The zero-order valence-electron chi connectivity index (χ0n) is 14.0. The third kappa shape index (κ3) is 4.72. The van der Waals surface area contributed by atoms with E-state index in [0.29, 0.717) is 23.9 Å². The standard InChI is InChI=1S/C19H21ClN2O3/c1-13(14-5-3-2-4-6-14)21-17-8-7-15(11-16(17)20)22-19(23)18-12-24-9-10-25-18/h2-8,11,13,18,21H,9-10,12H2,1H3,(H,22,23)/t13-,18-/m0/s1. The summed E-state index contributed by atoms with van der Waals surface area (Å²) in [6.45, 7) is 3.30. The van der Waals surface area contributed by atoms with E-state index >= 15 is 0 Å². The van der Waals surface area contributed by atoms with Gasteiger partial charge in [0.1, 0.15) is 0 Å². The number of benzene rings is 2. The van der Waals surface area contributed by atoms with Crippen molar-refractivity contribution in [1.82, 2.24) is 0 Å². The van der Waals surface area contributed by atoms with Crippen LogP contribution in [0.5, 0.6) is 0 Å². The molecule has 2 atom stereocenters. The van der Waals surface area contributed by atoms with Gasteiger partial charge in [-0.15, -0.1) is 0 Å². The molecule has 132 valence electrons. The number of ether oxygens (including phenoxy) is 2. The van der Waals surface area contributed by atoms with Gasteiger partial charge < -0.3 is 20.1 Å². The van der Waals surface area contributed by atoms with Crippen LogP contribution in [0, 0.1) is 0 Å². The van der Waals surface area contributed by atoms with Crippen LogP contribution in [-0.2, 0) is 14.3 Å². The van der Waals surface area contributed by atoms with Gasteiger partial charge >= 0.3 is 0 Å². The molecule has 1 saturated heterocycles. The van der Waals surface area contributed by atoms with Crippen LogP contribution in [0.15, 0.2) is 48.5 Å². The summed E-state index contributed by atoms with van der Waals surface area (Å²) in [5.41, 5.74) is 2.61. The number of hydrogen-bond donors (Lipinski definition) is 2. The largest absolute Gasteiger partial charge is 0.377 e. The van der Waals surface area contributed by atoms with E-state index in [1.807, 2.05) is 30.3 Å². The van der Waals surface area contributed by atoms with Crippen LogP contribution in [0.1, 0.15) is 18.5 Å². The number of hydrogen-bond acceptors (Lipinski definition) is 4. The van der Waals surface area contributed by atoms with Crippen molar-refractivity contribution in [3.05, 3.63) is 59.1 Å². The summed E-state index contributed by atoms with van der Waals surface area (Å²) in [5.74, 6) is -0.228. The second-order valence-corrected chi connectivity index (χ2v) is 6.30. The predicted molar refractivity (Wildman–Crippen MR) is 99.1 cm³/mol. The number of halogens is 1. The van der Waals surface area contributed by atoms with Crippen LogP contribution in [0.4, 0.5) is 11.4 Å². The van der Waals surface area contributed by atoms with Crippen LogP contribution in [0.2, 0.25) is 5.02 Å². The third-order valence-electron chi connectivity index (χ3n) is 4.02. The molecule has 0 aromatic heterocycles. The summed E-state index contributed by atoms with van der Waals surface area (Å²) in [6, 6.07) is 15.6. The normalized spacial score (nSPS) is 18.4. The third-order valence-corrected chi connectivity index (χ3v) is 4.33. The molecule has 0 aliphatic carbocycles. The summed E-state index contributed by atoms with van der Waals surface area (Å²) in [7, 11) is 0. The van der Waals surface area contributed by atoms with Gasteiger partial charge in [-0.2, -0.15) is 0 Å². The molecule has 0 unspecified atom stereocenters. The van der Waals surface area contributed by atoms with Crippen LogP contribution >= 0.6 is 11.6 Å². The maximum absolute atomic E-state index is 12.2. The molecule has 5 nitrogen and oxygen atoms in total. The van der Waals surface area contributed by atoms with Gasteiger partial charge in [-0.1, -0.05) is 41.9 Å². The highest BCUT2D eigenvalue weighted by atomic mass is 35.5. The highest BCUT2D eigenvalue weighted by Gasteiger charge is 2.22. The zero-order valence-corrected chi connectivity index (χ0v) is 14.8. The minimum Gasteiger partial charge on any atom is -0.377 e. The highest BCUT2D eigenvalue weighted by molar-refractivity contribution is 6.33. The van der Waals surface area contributed by atoms with E-state index in [1.54, 1.807) is 6.07 Å². The second kappa shape index (κ2) is 8.34. The van der Waals surface area contributed by atoms with E-state index in [4.69, 9.17) is 21.1 Å². The first kappa shape index (κ1) is 17.7. The number of carbonyl (C=O) groups is 1. The van der Waals surface area contributed by atoms with E-state index < -0.39 is 6.10 Å². The number of carbonyl (C=O) groups excluding carboxylic acids is 1. The van der Waals surface area contributed by atoms with Gasteiger partial charge in [-0.25, -0.2) is 0 Å². The second-order valence-electron chi connectivity index (χ2n) is 5.89. The van der Waals surface area contributed by atoms with Gasteiger partial charge in [-0.05, 0) is 30.7 Å². The quantitative estimate of drug-likeness (QED) is 0.849. The Morgan fingerprint density at radius 1 is 1.20 bits per heavy atom. The van der Waals surface area contributed by atoms with E-state index in [9.17, 15) is 4.79 Å². The molecule has 1 heterocycles. The Kier molecular flexibility index (Phi) is 5.91. The van der Waals surface area contributed by atoms with Crippen molar-refractivity contribution in [2.45, 2.75) is 19.1 Å². The lowest BCUT2D eigenvalue weighted by molar-refractivity contribution is -0.142. The smallest absolute Gasteiger partial charge is 0.255 e. The van der Waals surface area contributed by atoms with Crippen molar-refractivity contribution in [2.75, 3.05) is 30.5 Å². The topological polar surface area (TPSA) is 59.6 Å². The highest BCUT2D eigenvalue weighted by Crippen LogP contribution is 2.29. The molecule has 1 amide bonds. The first-order valence-electron chi connectivity index (χ1n) is 8.25. The molecule has 1 aliphatic heterocycles. The lowest BCUT2D eigenvalue weighted by Crippen LogP contribution is -2.39. The molecular formula is C19H21ClN2O3. The van der Waals surface area contributed by atoms with Crippen molar-refractivity contribution in [3.63, 3.8) is 0 Å². The maximum Gasteiger partial charge on any atom is 0.255 e. The van der Waals surface area contributed by atoms with Gasteiger partial charge in [0.05, 0.1) is 30.5 Å². The number of amides is 1. The van der Waals surface area contributed by atoms with E-state index in [0.717, 1.165) is 5.69 Å². The fourth-order valence-electron chi connectivity index (χ4n) is 2.63. The SMILES string of the molecule is C[C@H](Nc1ccc(NC(=O)[C@@H]2COCCO2)cc1Cl)c1ccccc1. The molecule has 0 spiro atoms. The number of rotatable bonds is 5. The molecule has 2 aromatic rings. The molecule has 0 saturated carbocycles. The van der Waals surface area contributed by atoms with Crippen molar-refractivity contribution in [1.29, 1.82) is 0 Å². The molecule has 6 heteroatoms. The fourth-order valence-corrected chi connectivity index (χ4v) is 2.87. The first-order chi connectivity index (χ1) is 12.1. The van der Waals surface area contributed by atoms with Crippen LogP contribution < -0.4 is 10.6 Å². The molecule has 0 radical (unpaired) electrons. The number of anilines is 2. The Morgan fingerprint density at radius 3 is 2.68 bits per heavy atom. The molecule has 3 rings (SSSR count). The maximum atomic E-state index is 12.2. The summed E-state index contributed by atoms with van der Waals surface area (Å²) in [4.78, 5) is 12.2. The summed E-state index contributed by atoms with van der Waals surface area (Å²) in [6.07, 6.45) is -0.580. The Balaban J connectivity index is 1.63. The monoisotopic (exact) mass is 360 g/mol. The molecule has 25 heavy (non-hydrogen) atoms. The average Bonchev–Trinajstić information content (AvgIpc) is 2.65. The minimum atomic E-state index is -0.580. The van der Waals surface area contributed by atoms with Gasteiger partial charge in [0, 0.05) is 11.7 Å². The van der Waals surface area contributed by atoms with Crippen LogP contribution in [-0.4, -0.2) is 31.8 Å². The molecule has 2 aromatic carbocycles. The van der Waals surface area contributed by atoms with Gasteiger partial charge in [0.15, 0.2) is 6.10 Å². The summed E-state index contributed by atoms with van der Waals surface area (Å²) < 4.78 is 10.6. The van der Waals surface area contributed by atoms with E-state index in [-0.39, 0.29) is 18.6 Å². The Labute approximate surface area is 152 Å². The minimum absolute atomic E-state index is 0.118. The van der Waals surface area contributed by atoms with Gasteiger partial charge in [-0.3, -0.25) is 4.79 Å². The Morgan fingerprint density at radius 2 is 2.00 bits per heavy atom. The average molecular weight is 361 g/mol. The van der Waals surface area contributed by atoms with Crippen LogP contribution in [0.25, 0.3) is 0 Å². The molecule has 1 aliphatic rings. The first-order valence-corrected chi connectivity index (χ1v) is 8.62. The lowest BCUT2D eigenvalue weighted by atomic mass is 10.1. The fraction of sp³-hybridized carbons (Fsp3) is 0.316. The van der Waals surface area contributed by atoms with Gasteiger partial charge in [0.25, 0.3) is 5.91 Å². The van der Waals surface area contributed by atoms with Crippen molar-refractivity contribution in [3.8, 4) is 0 Å². The predicted octanol–water partition coefficient (Wildman–Crippen LogP) is 3.87. The summed E-state index contributed by atoms with van der Waals surface area (Å²) >= 11 is 6.36. The summed E-state index contributed by atoms with van der Waals surface area (Å²) in [5, 5.41) is 6.73. The molecule has 0 bridgehead atoms. The van der Waals surface area contributed by atoms with Crippen molar-refractivity contribution >= 4 is 28.9 Å². The zero-order chi connectivity index (χ0) is 17.6. The van der Waals surface area contributed by atoms with Crippen molar-refractivity contribution in [2.24, 2.45) is 0 Å². The van der Waals surface area contributed by atoms with E-state index in [2.05, 4.69) is 29.7 Å². The van der Waals surface area contributed by atoms with Crippen molar-refractivity contribution < 1.29 is 14.3 Å². The molecule has 2 N–H and O–H groups in total.